The monoisotopic (exact) mass is 101 g/mol. The molecule has 0 saturated carbocycles. The zero-order chi connectivity index (χ0) is 4.83. The van der Waals surface area contributed by atoms with Crippen LogP contribution in [0.1, 0.15) is 0 Å². The van der Waals surface area contributed by atoms with Crippen LogP contribution in [0.5, 0.6) is 0 Å². The van der Waals surface area contributed by atoms with Crippen molar-refractivity contribution in [3.63, 3.8) is 0 Å². The van der Waals surface area contributed by atoms with Crippen LogP contribution < -0.4 is 5.32 Å². The molecular weight excluding hydrogens is 94.1 g/mol. The van der Waals surface area contributed by atoms with E-state index in [9.17, 15) is 0 Å². The van der Waals surface area contributed by atoms with Crippen molar-refractivity contribution in [1.82, 2.24) is 5.32 Å². The van der Waals surface area contributed by atoms with Crippen LogP contribution in [0.3, 0.4) is 0 Å². The van der Waals surface area contributed by atoms with Crippen molar-refractivity contribution in [2.24, 2.45) is 0 Å². The number of nitrogens with one attached hydrogen (secondary N) is 1. The van der Waals surface area contributed by atoms with Crippen molar-refractivity contribution in [2.45, 2.75) is 0 Å². The van der Waals surface area contributed by atoms with Gasteiger partial charge in [-0.15, -0.1) is 0 Å². The van der Waals surface area contributed by atoms with Crippen LogP contribution in [-0.4, -0.2) is 11.9 Å². The Morgan fingerprint density at radius 2 is 2.50 bits per heavy atom. The maximum atomic E-state index is 4.48. The summed E-state index contributed by atoms with van der Waals surface area (Å²) in [5.41, 5.74) is 0. The maximum absolute atomic E-state index is 4.48. The molecular formula is C4H7NS. The van der Waals surface area contributed by atoms with Gasteiger partial charge in [-0.3, -0.25) is 0 Å². The van der Waals surface area contributed by atoms with E-state index in [1.54, 1.807) is 11.6 Å². The molecule has 0 amide bonds. The normalized spacial score (nSPS) is 6.67. The van der Waals surface area contributed by atoms with Crippen molar-refractivity contribution >= 4 is 17.6 Å². The molecule has 0 aliphatic heterocycles. The van der Waals surface area contributed by atoms with E-state index in [-0.39, 0.29) is 0 Å². The van der Waals surface area contributed by atoms with Gasteiger partial charge in [0.2, 0.25) is 0 Å². The van der Waals surface area contributed by atoms with Crippen LogP contribution in [0.25, 0.3) is 0 Å². The molecule has 0 unspecified atom stereocenters. The average Bonchev–Trinajstić information content (AvgIpc) is 1.61. The highest BCUT2D eigenvalue weighted by atomic mass is 32.1. The summed E-state index contributed by atoms with van der Waals surface area (Å²) in [5, 5.41) is 4.41. The number of thiocarbonyl (C=S) groups is 1. The lowest BCUT2D eigenvalue weighted by Gasteiger charge is -1.84. The molecule has 0 aromatic carbocycles. The van der Waals surface area contributed by atoms with Crippen molar-refractivity contribution < 1.29 is 0 Å². The largest absolute Gasteiger partial charge is 0.387 e. The predicted molar refractivity (Wildman–Crippen MR) is 31.9 cm³/mol. The fraction of sp³-hybridized carbons (Fsp3) is 0.250. The smallest absolute Gasteiger partial charge is 0.0428 e. The Bertz CT molecular complexity index is 43.5. The zero-order valence-electron chi connectivity index (χ0n) is 3.48. The summed E-state index contributed by atoms with van der Waals surface area (Å²) in [4.78, 5) is 0. The Balaban J connectivity index is 2.66. The molecule has 34 valence electrons. The van der Waals surface area contributed by atoms with Gasteiger partial charge >= 0.3 is 0 Å². The standard InChI is InChI=1S/C4H7NS/c1-2-5-3-4-6/h2,4-5H,1,3H2. The van der Waals surface area contributed by atoms with E-state index in [0.717, 1.165) is 6.54 Å². The molecule has 0 fully saturated rings. The fourth-order valence-electron chi connectivity index (χ4n) is 0.131. The fourth-order valence-corrected chi connectivity index (χ4v) is 0.228. The lowest BCUT2D eigenvalue weighted by molar-refractivity contribution is 1.04. The van der Waals surface area contributed by atoms with Gasteiger partial charge in [-0.1, -0.05) is 18.8 Å². The second-order valence-corrected chi connectivity index (χ2v) is 1.11. The number of rotatable bonds is 3. The summed E-state index contributed by atoms with van der Waals surface area (Å²) in [5.74, 6) is 0. The van der Waals surface area contributed by atoms with Gasteiger partial charge in [0.25, 0.3) is 0 Å². The lowest BCUT2D eigenvalue weighted by Crippen LogP contribution is -2.04. The first kappa shape index (κ1) is 5.63. The quantitative estimate of drug-likeness (QED) is 0.415. The highest BCUT2D eigenvalue weighted by molar-refractivity contribution is 7.79. The zero-order valence-corrected chi connectivity index (χ0v) is 4.29. The van der Waals surface area contributed by atoms with Gasteiger partial charge in [0.15, 0.2) is 0 Å². The first-order valence-corrected chi connectivity index (χ1v) is 2.17. The average molecular weight is 101 g/mol. The third-order valence-electron chi connectivity index (χ3n) is 0.346. The van der Waals surface area contributed by atoms with E-state index in [4.69, 9.17) is 0 Å². The highest BCUT2D eigenvalue weighted by Crippen LogP contribution is 1.50. The van der Waals surface area contributed by atoms with Crippen LogP contribution in [-0.2, 0) is 0 Å². The molecule has 2 heteroatoms. The first-order chi connectivity index (χ1) is 2.91. The van der Waals surface area contributed by atoms with Crippen LogP contribution in [0.15, 0.2) is 12.8 Å². The Morgan fingerprint density at radius 3 is 2.67 bits per heavy atom. The van der Waals surface area contributed by atoms with Gasteiger partial charge in [0, 0.05) is 6.54 Å². The van der Waals surface area contributed by atoms with Gasteiger partial charge in [-0.25, -0.2) is 0 Å². The van der Waals surface area contributed by atoms with Crippen LogP contribution in [0.2, 0.25) is 0 Å². The molecule has 1 nitrogen and oxygen atoms in total. The van der Waals surface area contributed by atoms with Crippen LogP contribution >= 0.6 is 12.2 Å². The minimum absolute atomic E-state index is 0.735. The van der Waals surface area contributed by atoms with E-state index >= 15 is 0 Å². The van der Waals surface area contributed by atoms with Crippen molar-refractivity contribution in [1.29, 1.82) is 0 Å². The third kappa shape index (κ3) is 3.63. The van der Waals surface area contributed by atoms with Gasteiger partial charge in [-0.05, 0) is 11.6 Å². The van der Waals surface area contributed by atoms with Gasteiger partial charge < -0.3 is 5.32 Å². The molecule has 0 aromatic heterocycles. The third-order valence-corrected chi connectivity index (χ3v) is 0.512. The summed E-state index contributed by atoms with van der Waals surface area (Å²) >= 11 is 4.48. The van der Waals surface area contributed by atoms with E-state index < -0.39 is 0 Å². The molecule has 0 heterocycles. The molecule has 0 saturated heterocycles. The molecule has 0 aromatic rings. The molecule has 0 radical (unpaired) electrons. The van der Waals surface area contributed by atoms with E-state index in [1.807, 2.05) is 0 Å². The summed E-state index contributed by atoms with van der Waals surface area (Å²) in [6.45, 7) is 4.16. The van der Waals surface area contributed by atoms with E-state index in [1.165, 1.54) is 0 Å². The molecule has 1 N–H and O–H groups in total. The highest BCUT2D eigenvalue weighted by Gasteiger charge is 1.61. The molecule has 0 bridgehead atoms. The predicted octanol–water partition coefficient (Wildman–Crippen LogP) is 0.719. The summed E-state index contributed by atoms with van der Waals surface area (Å²) < 4.78 is 0. The maximum Gasteiger partial charge on any atom is 0.0428 e. The second-order valence-electron chi connectivity index (χ2n) is 0.779. The molecule has 0 atom stereocenters. The molecule has 0 aliphatic rings. The molecule has 0 rings (SSSR count). The molecule has 6 heavy (non-hydrogen) atoms. The van der Waals surface area contributed by atoms with Gasteiger partial charge in [0.05, 0.1) is 0 Å². The minimum Gasteiger partial charge on any atom is -0.387 e. The Labute approximate surface area is 43.1 Å². The van der Waals surface area contributed by atoms with Gasteiger partial charge in [0.1, 0.15) is 0 Å². The number of hydrogen-bond acceptors (Lipinski definition) is 2. The van der Waals surface area contributed by atoms with Crippen molar-refractivity contribution in [3.8, 4) is 0 Å². The minimum atomic E-state index is 0.735. The van der Waals surface area contributed by atoms with Crippen LogP contribution in [0, 0.1) is 0 Å². The Kier molecular flexibility index (Phi) is 4.34. The van der Waals surface area contributed by atoms with Crippen LogP contribution in [0.4, 0.5) is 0 Å². The first-order valence-electron chi connectivity index (χ1n) is 1.69. The topological polar surface area (TPSA) is 12.0 Å². The van der Waals surface area contributed by atoms with Crippen molar-refractivity contribution in [3.05, 3.63) is 12.8 Å². The lowest BCUT2D eigenvalue weighted by atomic mass is 10.7. The summed E-state index contributed by atoms with van der Waals surface area (Å²) in [6.07, 6.45) is 1.61. The number of hydrogen-bond donors (Lipinski definition) is 1. The molecule has 0 aliphatic carbocycles. The van der Waals surface area contributed by atoms with E-state index in [0.29, 0.717) is 0 Å². The van der Waals surface area contributed by atoms with Crippen molar-refractivity contribution in [2.75, 3.05) is 6.54 Å². The summed E-state index contributed by atoms with van der Waals surface area (Å²) in [7, 11) is 0. The van der Waals surface area contributed by atoms with Gasteiger partial charge in [-0.2, -0.15) is 0 Å². The molecule has 0 spiro atoms. The second kappa shape index (κ2) is 4.63. The summed E-state index contributed by atoms with van der Waals surface area (Å²) in [6, 6.07) is 0. The van der Waals surface area contributed by atoms with E-state index in [2.05, 4.69) is 24.1 Å². The SMILES string of the molecule is C=CNCC=S. The Morgan fingerprint density at radius 1 is 1.83 bits per heavy atom. The Hall–Kier alpha value is -0.370.